The van der Waals surface area contributed by atoms with E-state index in [1.165, 1.54) is 6.20 Å². The lowest BCUT2D eigenvalue weighted by atomic mass is 10.3. The first kappa shape index (κ1) is 15.1. The molecule has 21 heavy (non-hydrogen) atoms. The largest absolute Gasteiger partial charge is 0.490 e. The van der Waals surface area contributed by atoms with E-state index in [0.717, 1.165) is 11.0 Å². The van der Waals surface area contributed by atoms with Gasteiger partial charge in [-0.15, -0.1) is 0 Å². The summed E-state index contributed by atoms with van der Waals surface area (Å²) in [6.45, 7) is 1.42. The van der Waals surface area contributed by atoms with Crippen molar-refractivity contribution in [2.24, 2.45) is 0 Å². The van der Waals surface area contributed by atoms with E-state index in [0.29, 0.717) is 10.6 Å². The van der Waals surface area contributed by atoms with Crippen LogP contribution in [0.1, 0.15) is 5.56 Å². The van der Waals surface area contributed by atoms with Crippen molar-refractivity contribution >= 4 is 40.9 Å². The van der Waals surface area contributed by atoms with Gasteiger partial charge in [-0.05, 0) is 17.4 Å². The van der Waals surface area contributed by atoms with Gasteiger partial charge in [-0.3, -0.25) is 4.79 Å². The highest BCUT2D eigenvalue weighted by Gasteiger charge is 2.17. The maximum Gasteiger partial charge on any atom is 0.490 e. The number of aromatic nitrogens is 4. The number of hydrogen-bond donors (Lipinski definition) is 1. The quantitative estimate of drug-likeness (QED) is 0.675. The van der Waals surface area contributed by atoms with Crippen LogP contribution in [0, 0.1) is 17.0 Å². The van der Waals surface area contributed by atoms with Gasteiger partial charge in [0.2, 0.25) is 12.2 Å². The molecule has 11 heteroatoms. The number of nitrogens with one attached hydrogen (secondary N) is 1. The van der Waals surface area contributed by atoms with Gasteiger partial charge in [-0.2, -0.15) is 4.68 Å². The minimum absolute atomic E-state index is 0.151. The summed E-state index contributed by atoms with van der Waals surface area (Å²) in [5.41, 5.74) is 0.583. The monoisotopic (exact) mass is 330 g/mol. The minimum Gasteiger partial charge on any atom is -0.390 e. The highest BCUT2D eigenvalue weighted by atomic mass is 35.5. The maximum absolute atomic E-state index is 11.8. The number of halogens is 2. The summed E-state index contributed by atoms with van der Waals surface area (Å²) >= 11 is 11.8. The summed E-state index contributed by atoms with van der Waals surface area (Å²) in [7, 11) is 0. The Morgan fingerprint density at radius 2 is 2.19 bits per heavy atom. The molecular weight excluding hydrogens is 323 g/mol. The highest BCUT2D eigenvalue weighted by molar-refractivity contribution is 6.37. The van der Waals surface area contributed by atoms with Crippen molar-refractivity contribution in [2.75, 3.05) is 5.32 Å². The van der Waals surface area contributed by atoms with Gasteiger partial charge in [0, 0.05) is 11.3 Å². The van der Waals surface area contributed by atoms with E-state index in [-0.39, 0.29) is 17.4 Å². The molecule has 110 valence electrons. The van der Waals surface area contributed by atoms with Gasteiger partial charge < -0.3 is 15.4 Å². The molecular formula is C10H8Cl2N6O3. The Morgan fingerprint density at radius 1 is 1.48 bits per heavy atom. The topological polar surface area (TPSA) is 116 Å². The second-order valence-electron chi connectivity index (χ2n) is 3.94. The fourth-order valence-electron chi connectivity index (χ4n) is 1.41. The highest BCUT2D eigenvalue weighted by Crippen LogP contribution is 2.28. The minimum atomic E-state index is -0.755. The summed E-state index contributed by atoms with van der Waals surface area (Å²) < 4.78 is 1.03. The first-order valence-corrected chi connectivity index (χ1v) is 6.28. The summed E-state index contributed by atoms with van der Waals surface area (Å²) in [6.07, 6.45) is 2.44. The average Bonchev–Trinajstić information content (AvgIpc) is 2.88. The van der Waals surface area contributed by atoms with E-state index < -0.39 is 16.8 Å². The van der Waals surface area contributed by atoms with Crippen molar-refractivity contribution in [3.05, 3.63) is 38.2 Å². The lowest BCUT2D eigenvalue weighted by molar-refractivity contribution is -0.394. The van der Waals surface area contributed by atoms with Crippen LogP contribution in [-0.4, -0.2) is 30.6 Å². The van der Waals surface area contributed by atoms with Crippen LogP contribution in [0.25, 0.3) is 0 Å². The van der Waals surface area contributed by atoms with E-state index in [2.05, 4.69) is 20.4 Å². The van der Waals surface area contributed by atoms with Gasteiger partial charge in [-0.1, -0.05) is 28.2 Å². The predicted molar refractivity (Wildman–Crippen MR) is 74.3 cm³/mol. The Hall–Kier alpha value is -2.26. The Kier molecular flexibility index (Phi) is 4.34. The first-order chi connectivity index (χ1) is 9.88. The number of hydrogen-bond acceptors (Lipinski definition) is 6. The zero-order chi connectivity index (χ0) is 15.6. The molecule has 2 aromatic rings. The summed E-state index contributed by atoms with van der Waals surface area (Å²) in [5, 5.41) is 17.0. The second-order valence-corrected chi connectivity index (χ2v) is 4.73. The van der Waals surface area contributed by atoms with E-state index in [1.54, 1.807) is 6.92 Å². The number of carbonyl (C=O) groups excluding carboxylic acids is 1. The van der Waals surface area contributed by atoms with Gasteiger partial charge in [-0.25, -0.2) is 4.98 Å². The Labute approximate surface area is 128 Å². The maximum atomic E-state index is 11.8. The van der Waals surface area contributed by atoms with E-state index >= 15 is 0 Å². The number of anilines is 1. The Balaban J connectivity index is 2.08. The Morgan fingerprint density at radius 3 is 2.81 bits per heavy atom. The molecule has 0 spiro atoms. The molecule has 0 saturated carbocycles. The molecule has 1 amide bonds. The molecule has 0 unspecified atom stereocenters. The van der Waals surface area contributed by atoms with Crippen LogP contribution >= 0.6 is 23.2 Å². The zero-order valence-corrected chi connectivity index (χ0v) is 12.1. The number of amides is 1. The van der Waals surface area contributed by atoms with Gasteiger partial charge in [0.25, 0.3) is 0 Å². The van der Waals surface area contributed by atoms with Crippen LogP contribution in [0.15, 0.2) is 12.5 Å². The molecule has 0 radical (unpaired) electrons. The first-order valence-electron chi connectivity index (χ1n) is 5.52. The van der Waals surface area contributed by atoms with Crippen LogP contribution in [0.4, 0.5) is 11.8 Å². The number of pyridine rings is 1. The van der Waals surface area contributed by atoms with Crippen molar-refractivity contribution in [2.45, 2.75) is 13.5 Å². The summed E-state index contributed by atoms with van der Waals surface area (Å²) in [4.78, 5) is 28.8. The van der Waals surface area contributed by atoms with Gasteiger partial charge in [0.15, 0.2) is 5.82 Å². The number of carbonyl (C=O) groups is 1. The van der Waals surface area contributed by atoms with Crippen molar-refractivity contribution < 1.29 is 9.72 Å². The third-order valence-electron chi connectivity index (χ3n) is 2.45. The van der Waals surface area contributed by atoms with Crippen molar-refractivity contribution in [3.63, 3.8) is 0 Å². The molecule has 0 saturated heterocycles. The van der Waals surface area contributed by atoms with Crippen molar-refractivity contribution in [1.29, 1.82) is 0 Å². The molecule has 0 aromatic carbocycles. The van der Waals surface area contributed by atoms with Crippen LogP contribution < -0.4 is 5.32 Å². The lowest BCUT2D eigenvalue weighted by Gasteiger charge is -2.08. The standard InChI is InChI=1S/C10H8Cl2N6O3/c1-5-6(11)2-13-9(8(5)12)15-7(19)3-17-4-14-10(16-17)18(20)21/h2,4H,3H2,1H3,(H,13,15,19). The molecule has 0 aliphatic heterocycles. The summed E-state index contributed by atoms with van der Waals surface area (Å²) in [5.74, 6) is -0.939. The van der Waals surface area contributed by atoms with Crippen molar-refractivity contribution in [3.8, 4) is 0 Å². The molecule has 2 heterocycles. The molecule has 0 bridgehead atoms. The van der Waals surface area contributed by atoms with Crippen LogP contribution in [0.2, 0.25) is 10.0 Å². The number of nitro groups is 1. The molecule has 2 rings (SSSR count). The van der Waals surface area contributed by atoms with Gasteiger partial charge >= 0.3 is 5.95 Å². The van der Waals surface area contributed by atoms with Crippen molar-refractivity contribution in [1.82, 2.24) is 19.7 Å². The molecule has 2 aromatic heterocycles. The van der Waals surface area contributed by atoms with E-state index in [9.17, 15) is 14.9 Å². The van der Waals surface area contributed by atoms with Gasteiger partial charge in [0.05, 0.1) is 10.0 Å². The SMILES string of the molecule is Cc1c(Cl)cnc(NC(=O)Cn2cnc([N+](=O)[O-])n2)c1Cl. The molecule has 0 aliphatic carbocycles. The average molecular weight is 331 g/mol. The molecule has 9 nitrogen and oxygen atoms in total. The van der Waals surface area contributed by atoms with Crippen LogP contribution in [0.3, 0.4) is 0 Å². The molecule has 0 atom stereocenters. The van der Waals surface area contributed by atoms with E-state index in [4.69, 9.17) is 23.2 Å². The number of nitrogens with zero attached hydrogens (tertiary/aromatic N) is 5. The lowest BCUT2D eigenvalue weighted by Crippen LogP contribution is -2.20. The summed E-state index contributed by atoms with van der Waals surface area (Å²) in [6, 6.07) is 0. The van der Waals surface area contributed by atoms with E-state index in [1.807, 2.05) is 0 Å². The third-order valence-corrected chi connectivity index (χ3v) is 3.30. The normalized spacial score (nSPS) is 10.4. The molecule has 1 N–H and O–H groups in total. The third kappa shape index (κ3) is 3.44. The smallest absolute Gasteiger partial charge is 0.390 e. The van der Waals surface area contributed by atoms with Crippen LogP contribution in [0.5, 0.6) is 0 Å². The zero-order valence-electron chi connectivity index (χ0n) is 10.6. The molecule has 0 aliphatic rings. The number of rotatable bonds is 4. The second kappa shape index (κ2) is 6.02. The van der Waals surface area contributed by atoms with Gasteiger partial charge in [0.1, 0.15) is 6.54 Å². The predicted octanol–water partition coefficient (Wildman–Crippen LogP) is 1.84. The molecule has 0 fully saturated rings. The van der Waals surface area contributed by atoms with Crippen LogP contribution in [-0.2, 0) is 11.3 Å². The Bertz CT molecular complexity index is 717. The fourth-order valence-corrected chi connectivity index (χ4v) is 1.80. The fraction of sp³-hybridized carbons (Fsp3) is 0.200.